The zero-order chi connectivity index (χ0) is 9.68. The van der Waals surface area contributed by atoms with Gasteiger partial charge in [0.1, 0.15) is 6.61 Å². The molecule has 3 N–H and O–H groups in total. The minimum atomic E-state index is -0.166. The summed E-state index contributed by atoms with van der Waals surface area (Å²) in [5.41, 5.74) is 5.87. The molecule has 0 amide bonds. The lowest BCUT2D eigenvalue weighted by atomic mass is 10.3. The summed E-state index contributed by atoms with van der Waals surface area (Å²) in [5.74, 6) is 0.289. The summed E-state index contributed by atoms with van der Waals surface area (Å²) in [6.07, 6.45) is 3.09. The van der Waals surface area contributed by atoms with Crippen molar-refractivity contribution in [1.29, 1.82) is 0 Å². The lowest BCUT2D eigenvalue weighted by molar-refractivity contribution is 0.358. The van der Waals surface area contributed by atoms with E-state index in [-0.39, 0.29) is 11.2 Å². The summed E-state index contributed by atoms with van der Waals surface area (Å²) in [7, 11) is 0. The van der Waals surface area contributed by atoms with E-state index in [2.05, 4.69) is 11.6 Å². The maximum Gasteiger partial charge on any atom is 0.223 e. The molecule has 0 saturated carbocycles. The lowest BCUT2D eigenvalue weighted by Gasteiger charge is -2.02. The second-order valence-electron chi connectivity index (χ2n) is 2.49. The van der Waals surface area contributed by atoms with Gasteiger partial charge in [-0.1, -0.05) is 12.7 Å². The molecule has 0 spiro atoms. The van der Waals surface area contributed by atoms with Crippen LogP contribution in [0.3, 0.4) is 0 Å². The number of hydrogen-bond donors (Lipinski definition) is 2. The van der Waals surface area contributed by atoms with Crippen LogP contribution in [0.5, 0.6) is 5.75 Å². The molecule has 1 heterocycles. The number of rotatable bonds is 4. The third kappa shape index (κ3) is 2.45. The van der Waals surface area contributed by atoms with Gasteiger partial charge in [-0.05, 0) is 0 Å². The van der Waals surface area contributed by atoms with E-state index < -0.39 is 0 Å². The zero-order valence-corrected chi connectivity index (χ0v) is 7.25. The topological polar surface area (TPSA) is 68.1 Å². The molecule has 0 fully saturated rings. The van der Waals surface area contributed by atoms with Gasteiger partial charge in [0, 0.05) is 24.5 Å². The molecular formula is C9H12N2O2. The van der Waals surface area contributed by atoms with Crippen molar-refractivity contribution in [3.05, 3.63) is 40.8 Å². The Bertz CT molecular complexity index is 344. The van der Waals surface area contributed by atoms with Crippen LogP contribution in [0.4, 0.5) is 0 Å². The van der Waals surface area contributed by atoms with Crippen molar-refractivity contribution in [2.24, 2.45) is 5.73 Å². The molecule has 0 unspecified atom stereocenters. The molecule has 70 valence electrons. The van der Waals surface area contributed by atoms with Crippen molar-refractivity contribution >= 4 is 0 Å². The van der Waals surface area contributed by atoms with Crippen LogP contribution < -0.4 is 15.9 Å². The van der Waals surface area contributed by atoms with Gasteiger partial charge < -0.3 is 15.5 Å². The highest BCUT2D eigenvalue weighted by molar-refractivity contribution is 5.20. The number of nitrogens with one attached hydrogen (secondary N) is 1. The van der Waals surface area contributed by atoms with Crippen LogP contribution in [0.15, 0.2) is 29.7 Å². The predicted molar refractivity (Wildman–Crippen MR) is 50.6 cm³/mol. The van der Waals surface area contributed by atoms with Crippen molar-refractivity contribution in [3.63, 3.8) is 0 Å². The molecule has 13 heavy (non-hydrogen) atoms. The van der Waals surface area contributed by atoms with Crippen LogP contribution in [0, 0.1) is 0 Å². The summed E-state index contributed by atoms with van der Waals surface area (Å²) >= 11 is 0. The molecule has 1 rings (SSSR count). The first-order valence-electron chi connectivity index (χ1n) is 3.93. The van der Waals surface area contributed by atoms with E-state index in [4.69, 9.17) is 10.5 Å². The largest absolute Gasteiger partial charge is 0.484 e. The van der Waals surface area contributed by atoms with Gasteiger partial charge in [-0.15, -0.1) is 0 Å². The minimum Gasteiger partial charge on any atom is -0.484 e. The maximum atomic E-state index is 11.3. The van der Waals surface area contributed by atoms with Crippen LogP contribution >= 0.6 is 0 Å². The van der Waals surface area contributed by atoms with E-state index in [0.29, 0.717) is 18.8 Å². The van der Waals surface area contributed by atoms with Gasteiger partial charge in [0.05, 0.1) is 0 Å². The number of ether oxygens (including phenoxy) is 1. The average Bonchev–Trinajstić information content (AvgIpc) is 2.16. The Balaban J connectivity index is 2.85. The van der Waals surface area contributed by atoms with Gasteiger partial charge >= 0.3 is 0 Å². The van der Waals surface area contributed by atoms with E-state index in [1.165, 1.54) is 12.3 Å². The quantitative estimate of drug-likeness (QED) is 0.659. The standard InChI is InChI=1S/C9H12N2O2/c1-2-3-13-9-6-11-7(5-10)4-8(9)12/h2,4,6H,1,3,5,10H2,(H,11,12). The number of aromatic nitrogens is 1. The van der Waals surface area contributed by atoms with Crippen molar-refractivity contribution in [1.82, 2.24) is 4.98 Å². The SMILES string of the molecule is C=CCOc1c[nH]c(CN)cc1=O. The summed E-state index contributed by atoms with van der Waals surface area (Å²) < 4.78 is 5.08. The van der Waals surface area contributed by atoms with Gasteiger partial charge in [0.2, 0.25) is 5.43 Å². The zero-order valence-electron chi connectivity index (χ0n) is 7.25. The molecule has 0 aliphatic carbocycles. The van der Waals surface area contributed by atoms with E-state index in [1.54, 1.807) is 6.08 Å². The first-order chi connectivity index (χ1) is 6.27. The average molecular weight is 180 g/mol. The van der Waals surface area contributed by atoms with E-state index in [9.17, 15) is 4.79 Å². The Kier molecular flexibility index (Phi) is 3.28. The molecule has 0 aliphatic heterocycles. The predicted octanol–water partition coefficient (Wildman–Crippen LogP) is 0.398. The molecule has 0 aliphatic rings. The third-order valence-electron chi connectivity index (χ3n) is 1.51. The molecule has 0 saturated heterocycles. The number of hydrogen-bond acceptors (Lipinski definition) is 3. The molecule has 4 nitrogen and oxygen atoms in total. The highest BCUT2D eigenvalue weighted by Crippen LogP contribution is 2.01. The molecule has 1 aromatic rings. The normalized spacial score (nSPS) is 9.62. The van der Waals surface area contributed by atoms with Crippen molar-refractivity contribution < 1.29 is 4.74 Å². The Morgan fingerprint density at radius 3 is 3.00 bits per heavy atom. The van der Waals surface area contributed by atoms with E-state index in [0.717, 1.165) is 0 Å². The van der Waals surface area contributed by atoms with Gasteiger partial charge in [-0.3, -0.25) is 4.79 Å². The highest BCUT2D eigenvalue weighted by Gasteiger charge is 1.99. The van der Waals surface area contributed by atoms with Crippen molar-refractivity contribution in [2.45, 2.75) is 6.54 Å². The van der Waals surface area contributed by atoms with Gasteiger partial charge in [-0.2, -0.15) is 0 Å². The Hall–Kier alpha value is -1.55. The van der Waals surface area contributed by atoms with Crippen molar-refractivity contribution in [3.8, 4) is 5.75 Å². The number of H-pyrrole nitrogens is 1. The molecule has 0 bridgehead atoms. The van der Waals surface area contributed by atoms with E-state index >= 15 is 0 Å². The summed E-state index contributed by atoms with van der Waals surface area (Å²) in [6.45, 7) is 4.12. The monoisotopic (exact) mass is 180 g/mol. The lowest BCUT2D eigenvalue weighted by Crippen LogP contribution is -2.11. The first kappa shape index (κ1) is 9.54. The minimum absolute atomic E-state index is 0.166. The fraction of sp³-hybridized carbons (Fsp3) is 0.222. The molecule has 0 aromatic carbocycles. The van der Waals surface area contributed by atoms with Gasteiger partial charge in [0.15, 0.2) is 5.75 Å². The second-order valence-corrected chi connectivity index (χ2v) is 2.49. The number of nitrogens with two attached hydrogens (primary N) is 1. The smallest absolute Gasteiger partial charge is 0.223 e. The molecule has 0 radical (unpaired) electrons. The fourth-order valence-corrected chi connectivity index (χ4v) is 0.880. The van der Waals surface area contributed by atoms with Crippen molar-refractivity contribution in [2.75, 3.05) is 6.61 Å². The maximum absolute atomic E-state index is 11.3. The summed E-state index contributed by atoms with van der Waals surface area (Å²) in [6, 6.07) is 1.43. The molecule has 0 atom stereocenters. The number of pyridine rings is 1. The first-order valence-corrected chi connectivity index (χ1v) is 3.93. The van der Waals surface area contributed by atoms with Gasteiger partial charge in [0.25, 0.3) is 0 Å². The molecule has 1 aromatic heterocycles. The Morgan fingerprint density at radius 1 is 1.69 bits per heavy atom. The summed E-state index contributed by atoms with van der Waals surface area (Å²) in [4.78, 5) is 14.1. The second kappa shape index (κ2) is 4.47. The fourth-order valence-electron chi connectivity index (χ4n) is 0.880. The van der Waals surface area contributed by atoms with Crippen LogP contribution in [0.1, 0.15) is 5.69 Å². The van der Waals surface area contributed by atoms with Gasteiger partial charge in [-0.25, -0.2) is 0 Å². The van der Waals surface area contributed by atoms with Crippen LogP contribution in [-0.2, 0) is 6.54 Å². The highest BCUT2D eigenvalue weighted by atomic mass is 16.5. The van der Waals surface area contributed by atoms with Crippen LogP contribution in [-0.4, -0.2) is 11.6 Å². The number of aromatic amines is 1. The Morgan fingerprint density at radius 2 is 2.46 bits per heavy atom. The molecule has 4 heteroatoms. The van der Waals surface area contributed by atoms with Crippen LogP contribution in [0.2, 0.25) is 0 Å². The van der Waals surface area contributed by atoms with E-state index in [1.807, 2.05) is 0 Å². The van der Waals surface area contributed by atoms with Crippen LogP contribution in [0.25, 0.3) is 0 Å². The molecular weight excluding hydrogens is 168 g/mol. The summed E-state index contributed by atoms with van der Waals surface area (Å²) in [5, 5.41) is 0. The third-order valence-corrected chi connectivity index (χ3v) is 1.51. The Labute approximate surface area is 76.0 Å².